The molecule has 0 aliphatic heterocycles. The number of benzene rings is 3. The number of pyridine rings is 1. The Hall–Kier alpha value is -3.37. The van der Waals surface area contributed by atoms with E-state index in [0.717, 1.165) is 52.9 Å². The Balaban J connectivity index is 1.25. The minimum atomic E-state index is -0.902. The number of fused-ring (bicyclic) bond motifs is 1. The van der Waals surface area contributed by atoms with Crippen molar-refractivity contribution < 1.29 is 14.6 Å². The molecule has 0 aliphatic rings. The van der Waals surface area contributed by atoms with Crippen LogP contribution in [0.5, 0.6) is 11.5 Å². The lowest BCUT2D eigenvalue weighted by atomic mass is 9.90. The van der Waals surface area contributed by atoms with Gasteiger partial charge in [-0.2, -0.15) is 0 Å². The summed E-state index contributed by atoms with van der Waals surface area (Å²) in [6.45, 7) is 2.95. The first kappa shape index (κ1) is 22.8. The summed E-state index contributed by atoms with van der Waals surface area (Å²) in [4.78, 5) is 4.66. The Morgan fingerprint density at radius 2 is 1.55 bits per heavy atom. The summed E-state index contributed by atoms with van der Waals surface area (Å²) >= 11 is 0. The molecule has 4 nitrogen and oxygen atoms in total. The highest BCUT2D eigenvalue weighted by atomic mass is 16.5. The van der Waals surface area contributed by atoms with Crippen molar-refractivity contribution >= 4 is 10.9 Å². The summed E-state index contributed by atoms with van der Waals surface area (Å²) in [6, 6.07) is 29.7. The first-order valence-corrected chi connectivity index (χ1v) is 11.6. The molecular formula is C29H31NO3. The van der Waals surface area contributed by atoms with Gasteiger partial charge in [-0.3, -0.25) is 0 Å². The molecule has 0 amide bonds. The van der Waals surface area contributed by atoms with Crippen LogP contribution in [-0.2, 0) is 12.2 Å². The first-order chi connectivity index (χ1) is 16.1. The van der Waals surface area contributed by atoms with Crippen molar-refractivity contribution in [3.8, 4) is 11.5 Å². The molecule has 4 aromatic rings. The van der Waals surface area contributed by atoms with Gasteiger partial charge in [-0.25, -0.2) is 4.98 Å². The first-order valence-electron chi connectivity index (χ1n) is 11.6. The van der Waals surface area contributed by atoms with E-state index in [1.54, 1.807) is 0 Å². The van der Waals surface area contributed by atoms with E-state index in [2.05, 4.69) is 17.1 Å². The third-order valence-corrected chi connectivity index (χ3v) is 5.82. The number of hydrogen-bond donors (Lipinski definition) is 1. The average molecular weight is 442 g/mol. The number of aliphatic hydroxyl groups is 1. The van der Waals surface area contributed by atoms with Crippen molar-refractivity contribution in [2.75, 3.05) is 6.61 Å². The molecule has 1 atom stereocenters. The molecule has 0 saturated heterocycles. The van der Waals surface area contributed by atoms with Gasteiger partial charge in [-0.05, 0) is 68.1 Å². The van der Waals surface area contributed by atoms with E-state index in [9.17, 15) is 5.11 Å². The topological polar surface area (TPSA) is 51.6 Å². The normalized spacial score (nSPS) is 12.9. The molecule has 1 aromatic heterocycles. The Bertz CT molecular complexity index is 1160. The summed E-state index contributed by atoms with van der Waals surface area (Å²) in [5, 5.41) is 12.2. The van der Waals surface area contributed by atoms with Crippen LogP contribution in [0.4, 0.5) is 0 Å². The fourth-order valence-electron chi connectivity index (χ4n) is 3.87. The molecule has 1 unspecified atom stereocenters. The fraction of sp³-hybridized carbons (Fsp3) is 0.276. The minimum absolute atomic E-state index is 0.387. The molecule has 0 saturated carbocycles. The van der Waals surface area contributed by atoms with E-state index in [1.807, 2.05) is 85.8 Å². The number of nitrogens with zero attached hydrogens (tertiary/aromatic N) is 1. The molecule has 4 heteroatoms. The lowest BCUT2D eigenvalue weighted by molar-refractivity contribution is 0.0442. The quantitative estimate of drug-likeness (QED) is 0.264. The summed E-state index contributed by atoms with van der Waals surface area (Å²) in [6.07, 6.45) is 3.59. The lowest BCUT2D eigenvalue weighted by Gasteiger charge is -2.24. The van der Waals surface area contributed by atoms with Crippen LogP contribution in [0, 0.1) is 0 Å². The molecule has 0 bridgehead atoms. The zero-order valence-electron chi connectivity index (χ0n) is 19.1. The summed E-state index contributed by atoms with van der Waals surface area (Å²) in [5.41, 5.74) is 1.81. The van der Waals surface area contributed by atoms with Crippen LogP contribution < -0.4 is 9.47 Å². The van der Waals surface area contributed by atoms with Crippen LogP contribution in [0.25, 0.3) is 10.9 Å². The summed E-state index contributed by atoms with van der Waals surface area (Å²) in [5.74, 6) is 1.64. The van der Waals surface area contributed by atoms with Crippen LogP contribution in [0.15, 0.2) is 91.0 Å². The Morgan fingerprint density at radius 3 is 2.42 bits per heavy atom. The van der Waals surface area contributed by atoms with E-state index in [4.69, 9.17) is 9.47 Å². The van der Waals surface area contributed by atoms with Gasteiger partial charge in [0, 0.05) is 5.39 Å². The van der Waals surface area contributed by atoms with Crippen LogP contribution >= 0.6 is 0 Å². The zero-order valence-corrected chi connectivity index (χ0v) is 19.1. The van der Waals surface area contributed by atoms with Gasteiger partial charge in [0.25, 0.3) is 0 Å². The number of unbranched alkanes of at least 4 members (excludes halogenated alkanes) is 2. The number of rotatable bonds is 11. The number of hydrogen-bond acceptors (Lipinski definition) is 4. The second-order valence-electron chi connectivity index (χ2n) is 8.56. The van der Waals surface area contributed by atoms with E-state index in [-0.39, 0.29) is 0 Å². The monoisotopic (exact) mass is 441 g/mol. The Kier molecular flexibility index (Phi) is 7.59. The van der Waals surface area contributed by atoms with E-state index >= 15 is 0 Å². The molecule has 0 aliphatic carbocycles. The maximum Gasteiger partial charge on any atom is 0.130 e. The van der Waals surface area contributed by atoms with Crippen LogP contribution in [-0.4, -0.2) is 16.7 Å². The molecule has 3 aromatic carbocycles. The third kappa shape index (κ3) is 6.56. The van der Waals surface area contributed by atoms with Crippen molar-refractivity contribution in [1.82, 2.24) is 4.98 Å². The van der Waals surface area contributed by atoms with Gasteiger partial charge in [0.1, 0.15) is 18.1 Å². The predicted molar refractivity (Wildman–Crippen MR) is 132 cm³/mol. The molecule has 1 N–H and O–H groups in total. The molecule has 33 heavy (non-hydrogen) atoms. The highest BCUT2D eigenvalue weighted by Crippen LogP contribution is 2.29. The molecule has 1 heterocycles. The van der Waals surface area contributed by atoms with Gasteiger partial charge < -0.3 is 14.6 Å². The molecule has 0 spiro atoms. The smallest absolute Gasteiger partial charge is 0.130 e. The maximum absolute atomic E-state index is 11.0. The SMILES string of the molecule is CC(O)(CCCCCOc1ccccc1)c1cccc(OCc2ccc3ccccc3n2)c1. The highest BCUT2D eigenvalue weighted by molar-refractivity contribution is 5.78. The van der Waals surface area contributed by atoms with E-state index in [0.29, 0.717) is 19.6 Å². The molecular weight excluding hydrogens is 410 g/mol. The number of para-hydroxylation sites is 2. The second-order valence-corrected chi connectivity index (χ2v) is 8.56. The Labute approximate surface area is 195 Å². The van der Waals surface area contributed by atoms with Crippen molar-refractivity contribution in [1.29, 1.82) is 0 Å². The van der Waals surface area contributed by atoms with Crippen LogP contribution in [0.1, 0.15) is 43.9 Å². The average Bonchev–Trinajstić information content (AvgIpc) is 2.85. The third-order valence-electron chi connectivity index (χ3n) is 5.82. The van der Waals surface area contributed by atoms with Crippen molar-refractivity contribution in [2.45, 2.75) is 44.8 Å². The van der Waals surface area contributed by atoms with Gasteiger partial charge in [0.2, 0.25) is 0 Å². The molecule has 4 rings (SSSR count). The summed E-state index contributed by atoms with van der Waals surface area (Å²) < 4.78 is 11.7. The van der Waals surface area contributed by atoms with E-state index < -0.39 is 5.60 Å². The highest BCUT2D eigenvalue weighted by Gasteiger charge is 2.23. The van der Waals surface area contributed by atoms with Gasteiger partial charge in [-0.15, -0.1) is 0 Å². The predicted octanol–water partition coefficient (Wildman–Crippen LogP) is 6.66. The van der Waals surface area contributed by atoms with Crippen molar-refractivity contribution in [3.05, 3.63) is 102 Å². The van der Waals surface area contributed by atoms with Crippen molar-refractivity contribution in [3.63, 3.8) is 0 Å². The zero-order chi connectivity index (χ0) is 22.9. The van der Waals surface area contributed by atoms with Crippen LogP contribution in [0.3, 0.4) is 0 Å². The standard InChI is InChI=1S/C29H31NO3/c1-29(31,19-8-3-9-20-32-26-13-4-2-5-14-26)24-12-10-15-27(21-24)33-22-25-18-17-23-11-6-7-16-28(23)30-25/h2,4-7,10-18,21,31H,3,8-9,19-20,22H2,1H3. The Morgan fingerprint density at radius 1 is 0.758 bits per heavy atom. The van der Waals surface area contributed by atoms with Gasteiger partial charge in [0.15, 0.2) is 0 Å². The van der Waals surface area contributed by atoms with Gasteiger partial charge in [-0.1, -0.05) is 61.0 Å². The van der Waals surface area contributed by atoms with Gasteiger partial charge >= 0.3 is 0 Å². The molecule has 0 fully saturated rings. The maximum atomic E-state index is 11.0. The minimum Gasteiger partial charge on any atom is -0.494 e. The van der Waals surface area contributed by atoms with Crippen molar-refractivity contribution in [2.24, 2.45) is 0 Å². The number of ether oxygens (including phenoxy) is 2. The lowest BCUT2D eigenvalue weighted by Crippen LogP contribution is -2.21. The number of aromatic nitrogens is 1. The summed E-state index contributed by atoms with van der Waals surface area (Å²) in [7, 11) is 0. The largest absolute Gasteiger partial charge is 0.494 e. The molecule has 0 radical (unpaired) electrons. The van der Waals surface area contributed by atoms with E-state index in [1.165, 1.54) is 0 Å². The fourth-order valence-corrected chi connectivity index (χ4v) is 3.87. The second kappa shape index (κ2) is 11.0. The van der Waals surface area contributed by atoms with Crippen LogP contribution in [0.2, 0.25) is 0 Å². The van der Waals surface area contributed by atoms with Gasteiger partial charge in [0.05, 0.1) is 23.4 Å². The molecule has 170 valence electrons.